The zero-order valence-corrected chi connectivity index (χ0v) is 13.7. The maximum Gasteiger partial charge on any atom is 0.268 e. The average molecular weight is 311 g/mol. The fourth-order valence-corrected chi connectivity index (χ4v) is 2.78. The van der Waals surface area contributed by atoms with Crippen molar-refractivity contribution in [3.8, 4) is 0 Å². The predicted molar refractivity (Wildman–Crippen MR) is 89.5 cm³/mol. The summed E-state index contributed by atoms with van der Waals surface area (Å²) in [6.07, 6.45) is 2.37. The molecule has 1 amide bonds. The molecular formula is C17H21N5O. The molecule has 0 atom stereocenters. The second-order valence-electron chi connectivity index (χ2n) is 5.71. The van der Waals surface area contributed by atoms with Gasteiger partial charge in [0, 0.05) is 30.4 Å². The topological polar surface area (TPSA) is 75.6 Å². The number of carbonyl (C=O) groups is 1. The van der Waals surface area contributed by atoms with Gasteiger partial charge in [0.25, 0.3) is 5.91 Å². The first-order chi connectivity index (χ1) is 11.1. The van der Waals surface area contributed by atoms with Crippen molar-refractivity contribution in [3.63, 3.8) is 0 Å². The summed E-state index contributed by atoms with van der Waals surface area (Å²) in [5.74, 6) is 0.802. The minimum absolute atomic E-state index is 0.0843. The minimum atomic E-state index is -0.0843. The van der Waals surface area contributed by atoms with Gasteiger partial charge in [0.2, 0.25) is 0 Å². The van der Waals surface area contributed by atoms with Crippen molar-refractivity contribution in [2.75, 3.05) is 6.54 Å². The Bertz CT molecular complexity index is 846. The van der Waals surface area contributed by atoms with Crippen LogP contribution in [-0.4, -0.2) is 32.2 Å². The number of H-pyrrole nitrogens is 1. The van der Waals surface area contributed by atoms with Gasteiger partial charge in [0.05, 0.1) is 0 Å². The minimum Gasteiger partial charge on any atom is -0.350 e. The first-order valence-electron chi connectivity index (χ1n) is 7.84. The van der Waals surface area contributed by atoms with Crippen LogP contribution in [0.4, 0.5) is 0 Å². The molecular weight excluding hydrogens is 290 g/mol. The number of aromatic amines is 1. The molecule has 0 aliphatic carbocycles. The third-order valence-electron chi connectivity index (χ3n) is 4.11. The summed E-state index contributed by atoms with van der Waals surface area (Å²) in [4.78, 5) is 15.6. The number of amides is 1. The third kappa shape index (κ3) is 2.97. The molecule has 0 radical (unpaired) electrons. The van der Waals surface area contributed by atoms with Gasteiger partial charge < -0.3 is 14.9 Å². The van der Waals surface area contributed by atoms with Crippen LogP contribution in [0.5, 0.6) is 0 Å². The SMILES string of the molecule is CCn1cnnc1CCNC(=O)c1[nH]c2ccc(C)cc2c1C. The lowest BCUT2D eigenvalue weighted by Gasteiger charge is -2.05. The molecule has 0 fully saturated rings. The molecule has 0 saturated carbocycles. The second-order valence-corrected chi connectivity index (χ2v) is 5.71. The fourth-order valence-electron chi connectivity index (χ4n) is 2.78. The molecule has 2 N–H and O–H groups in total. The molecule has 0 bridgehead atoms. The largest absolute Gasteiger partial charge is 0.350 e. The molecule has 120 valence electrons. The van der Waals surface area contributed by atoms with Crippen LogP contribution in [0.3, 0.4) is 0 Å². The first kappa shape index (κ1) is 15.3. The highest BCUT2D eigenvalue weighted by atomic mass is 16.1. The van der Waals surface area contributed by atoms with Crippen molar-refractivity contribution < 1.29 is 4.79 Å². The zero-order chi connectivity index (χ0) is 16.4. The number of nitrogens with zero attached hydrogens (tertiary/aromatic N) is 3. The van der Waals surface area contributed by atoms with Crippen LogP contribution >= 0.6 is 0 Å². The second kappa shape index (κ2) is 6.24. The third-order valence-corrected chi connectivity index (χ3v) is 4.11. The van der Waals surface area contributed by atoms with Gasteiger partial charge in [-0.15, -0.1) is 10.2 Å². The Hall–Kier alpha value is -2.63. The number of aromatic nitrogens is 4. The lowest BCUT2D eigenvalue weighted by atomic mass is 10.1. The number of fused-ring (bicyclic) bond motifs is 1. The van der Waals surface area contributed by atoms with Gasteiger partial charge in [-0.05, 0) is 38.5 Å². The van der Waals surface area contributed by atoms with Crippen LogP contribution in [0.1, 0.15) is 34.4 Å². The number of carbonyl (C=O) groups excluding carboxylic acids is 1. The molecule has 6 nitrogen and oxygen atoms in total. The van der Waals surface area contributed by atoms with Crippen LogP contribution < -0.4 is 5.32 Å². The molecule has 23 heavy (non-hydrogen) atoms. The summed E-state index contributed by atoms with van der Waals surface area (Å²) in [6, 6.07) is 6.15. The van der Waals surface area contributed by atoms with Crippen LogP contribution in [-0.2, 0) is 13.0 Å². The summed E-state index contributed by atoms with van der Waals surface area (Å²) < 4.78 is 1.98. The number of aryl methyl sites for hydroxylation is 3. The highest BCUT2D eigenvalue weighted by Crippen LogP contribution is 2.22. The Kier molecular flexibility index (Phi) is 4.14. The van der Waals surface area contributed by atoms with E-state index in [4.69, 9.17) is 0 Å². The van der Waals surface area contributed by atoms with Crippen molar-refractivity contribution in [3.05, 3.63) is 47.2 Å². The molecule has 0 aliphatic rings. The van der Waals surface area contributed by atoms with Gasteiger partial charge in [0.1, 0.15) is 17.8 Å². The Labute approximate surface area is 134 Å². The zero-order valence-electron chi connectivity index (χ0n) is 13.7. The molecule has 0 saturated heterocycles. The number of benzene rings is 1. The van der Waals surface area contributed by atoms with Crippen molar-refractivity contribution >= 4 is 16.8 Å². The number of hydrogen-bond donors (Lipinski definition) is 2. The lowest BCUT2D eigenvalue weighted by Crippen LogP contribution is -2.27. The molecule has 6 heteroatoms. The van der Waals surface area contributed by atoms with Crippen molar-refractivity contribution in [2.45, 2.75) is 33.7 Å². The molecule has 3 rings (SSSR count). The van der Waals surface area contributed by atoms with E-state index in [1.807, 2.05) is 30.5 Å². The van der Waals surface area contributed by atoms with Crippen LogP contribution in [0, 0.1) is 13.8 Å². The average Bonchev–Trinajstić information content (AvgIpc) is 3.12. The van der Waals surface area contributed by atoms with E-state index < -0.39 is 0 Å². The monoisotopic (exact) mass is 311 g/mol. The lowest BCUT2D eigenvalue weighted by molar-refractivity contribution is 0.0949. The van der Waals surface area contributed by atoms with Crippen LogP contribution in [0.15, 0.2) is 24.5 Å². The Balaban J connectivity index is 1.70. The van der Waals surface area contributed by atoms with E-state index in [1.54, 1.807) is 6.33 Å². The van der Waals surface area contributed by atoms with E-state index in [0.717, 1.165) is 28.8 Å². The van der Waals surface area contributed by atoms with Crippen molar-refractivity contribution in [1.82, 2.24) is 25.1 Å². The quantitative estimate of drug-likeness (QED) is 0.759. The maximum absolute atomic E-state index is 12.4. The summed E-state index contributed by atoms with van der Waals surface area (Å²) in [5.41, 5.74) is 3.79. The van der Waals surface area contributed by atoms with Gasteiger partial charge in [-0.25, -0.2) is 0 Å². The summed E-state index contributed by atoms with van der Waals surface area (Å²) in [6.45, 7) is 7.43. The predicted octanol–water partition coefficient (Wildman–Crippen LogP) is 2.37. The Morgan fingerprint density at radius 1 is 1.35 bits per heavy atom. The number of nitrogens with one attached hydrogen (secondary N) is 2. The molecule has 0 spiro atoms. The van der Waals surface area contributed by atoms with E-state index in [2.05, 4.69) is 33.5 Å². The van der Waals surface area contributed by atoms with Crippen molar-refractivity contribution in [2.24, 2.45) is 0 Å². The van der Waals surface area contributed by atoms with E-state index in [0.29, 0.717) is 18.7 Å². The molecule has 2 heterocycles. The number of hydrogen-bond acceptors (Lipinski definition) is 3. The molecule has 1 aromatic carbocycles. The van der Waals surface area contributed by atoms with E-state index >= 15 is 0 Å². The van der Waals surface area contributed by atoms with Crippen molar-refractivity contribution in [1.29, 1.82) is 0 Å². The van der Waals surface area contributed by atoms with Gasteiger partial charge in [-0.3, -0.25) is 4.79 Å². The molecule has 2 aromatic heterocycles. The molecule has 0 unspecified atom stereocenters. The smallest absolute Gasteiger partial charge is 0.268 e. The van der Waals surface area contributed by atoms with Crippen LogP contribution in [0.2, 0.25) is 0 Å². The van der Waals surface area contributed by atoms with Gasteiger partial charge in [-0.2, -0.15) is 0 Å². The number of rotatable bonds is 5. The maximum atomic E-state index is 12.4. The van der Waals surface area contributed by atoms with E-state index in [9.17, 15) is 4.79 Å². The normalized spacial score (nSPS) is 11.1. The summed E-state index contributed by atoms with van der Waals surface area (Å²) in [7, 11) is 0. The Morgan fingerprint density at radius 3 is 2.96 bits per heavy atom. The van der Waals surface area contributed by atoms with E-state index in [-0.39, 0.29) is 5.91 Å². The van der Waals surface area contributed by atoms with E-state index in [1.165, 1.54) is 5.56 Å². The van der Waals surface area contributed by atoms with Gasteiger partial charge in [0.15, 0.2) is 0 Å². The van der Waals surface area contributed by atoms with Gasteiger partial charge in [-0.1, -0.05) is 11.6 Å². The fraction of sp³-hybridized carbons (Fsp3) is 0.353. The van der Waals surface area contributed by atoms with Crippen LogP contribution in [0.25, 0.3) is 10.9 Å². The molecule has 3 aromatic rings. The molecule has 0 aliphatic heterocycles. The Morgan fingerprint density at radius 2 is 2.17 bits per heavy atom. The summed E-state index contributed by atoms with van der Waals surface area (Å²) in [5, 5.41) is 12.0. The highest BCUT2D eigenvalue weighted by Gasteiger charge is 2.14. The highest BCUT2D eigenvalue weighted by molar-refractivity contribution is 6.01. The first-order valence-corrected chi connectivity index (χ1v) is 7.84. The standard InChI is InChI=1S/C17H21N5O/c1-4-22-10-19-21-15(22)7-8-18-17(23)16-12(3)13-9-11(2)5-6-14(13)20-16/h5-6,9-10,20H,4,7-8H2,1-3H3,(H,18,23). The summed E-state index contributed by atoms with van der Waals surface area (Å²) >= 11 is 0. The van der Waals surface area contributed by atoms with Gasteiger partial charge >= 0.3 is 0 Å².